The molecule has 2 aliphatic rings. The summed E-state index contributed by atoms with van der Waals surface area (Å²) in [5, 5.41) is 16.8. The van der Waals surface area contributed by atoms with Gasteiger partial charge in [0.25, 0.3) is 6.47 Å². The van der Waals surface area contributed by atoms with Gasteiger partial charge in [0.05, 0.1) is 25.7 Å². The van der Waals surface area contributed by atoms with Crippen LogP contribution in [-0.4, -0.2) is 91.4 Å². The molecular weight excluding hydrogens is 929 g/mol. The van der Waals surface area contributed by atoms with Gasteiger partial charge < -0.3 is 33.8 Å². The number of quaternary nitrogens is 1. The number of hydrogen-bond acceptors (Lipinski definition) is 7. The van der Waals surface area contributed by atoms with Gasteiger partial charge in [0.1, 0.15) is 17.6 Å². The first-order chi connectivity index (χ1) is 36.8. The van der Waals surface area contributed by atoms with Gasteiger partial charge >= 0.3 is 0 Å². The third-order valence-corrected chi connectivity index (χ3v) is 16.3. The Morgan fingerprint density at radius 3 is 1.44 bits per heavy atom. The lowest BCUT2D eigenvalue weighted by Gasteiger charge is -2.48. The number of carbonyl (C=O) groups is 1. The number of hydrogen-bond donors (Lipinski definition) is 2. The van der Waals surface area contributed by atoms with Crippen LogP contribution in [0.5, 0.6) is 5.75 Å². The van der Waals surface area contributed by atoms with E-state index in [2.05, 4.69) is 39.3 Å². The predicted octanol–water partition coefficient (Wildman–Crippen LogP) is 17.2. The van der Waals surface area contributed by atoms with Crippen molar-refractivity contribution in [1.82, 2.24) is 4.90 Å². The number of phenolic OH excluding ortho intramolecular Hbond substituents is 1. The van der Waals surface area contributed by atoms with Crippen LogP contribution < -0.4 is 0 Å². The fraction of sp³-hybridized carbons (Fsp3) is 0.687. The molecule has 3 aromatic carbocycles. The second-order valence-electron chi connectivity index (χ2n) is 22.2. The van der Waals surface area contributed by atoms with E-state index in [0.29, 0.717) is 18.3 Å². The molecular formula is C67H111N2O6+. The molecule has 0 radical (unpaired) electrons. The molecule has 2 heterocycles. The first-order valence-electron chi connectivity index (χ1n) is 30.8. The highest BCUT2D eigenvalue weighted by molar-refractivity contribution is 5.44. The fourth-order valence-corrected chi connectivity index (χ4v) is 11.9. The molecule has 424 valence electrons. The fourth-order valence-electron chi connectivity index (χ4n) is 11.9. The molecule has 2 saturated heterocycles. The molecule has 2 fully saturated rings. The van der Waals surface area contributed by atoms with Crippen LogP contribution in [0.3, 0.4) is 0 Å². The number of carbonyl (C=O) groups excluding carboxylic acids is 1. The second kappa shape index (κ2) is 41.4. The number of aliphatic hydroxyl groups is 1. The van der Waals surface area contributed by atoms with Crippen molar-refractivity contribution in [2.75, 3.05) is 46.9 Å². The monoisotopic (exact) mass is 1040 g/mol. The molecule has 1 spiro atoms. The number of ether oxygens (including phenoxy) is 3. The zero-order chi connectivity index (χ0) is 54.1. The second-order valence-corrected chi connectivity index (χ2v) is 22.2. The van der Waals surface area contributed by atoms with Crippen LogP contribution in [-0.2, 0) is 31.0 Å². The number of unbranched alkanes of at least 4 members (excludes halogenated alkanes) is 24. The summed E-state index contributed by atoms with van der Waals surface area (Å²) in [6.45, 7) is 18.1. The number of piperidine rings is 1. The lowest BCUT2D eigenvalue weighted by Crippen LogP contribution is -2.58. The molecule has 0 aromatic heterocycles. The molecule has 0 amide bonds. The summed E-state index contributed by atoms with van der Waals surface area (Å²) in [4.78, 5) is 14.3. The molecule has 3 unspecified atom stereocenters. The number of aliphatic hydroxyl groups excluding tert-OH is 1. The molecule has 8 heteroatoms. The zero-order valence-electron chi connectivity index (χ0n) is 48.7. The Bertz CT molecular complexity index is 1730. The molecule has 3 aromatic rings. The van der Waals surface area contributed by atoms with E-state index < -0.39 is 11.9 Å². The van der Waals surface area contributed by atoms with Crippen molar-refractivity contribution >= 4 is 6.47 Å². The first kappa shape index (κ1) is 65.6. The highest BCUT2D eigenvalue weighted by Crippen LogP contribution is 2.44. The molecule has 2 aliphatic heterocycles. The molecule has 3 atom stereocenters. The lowest BCUT2D eigenvalue weighted by atomic mass is 9.84. The molecule has 0 aliphatic carbocycles. The largest absolute Gasteiger partial charge is 0.508 e. The summed E-state index contributed by atoms with van der Waals surface area (Å²) >= 11 is 0. The van der Waals surface area contributed by atoms with Crippen LogP contribution >= 0.6 is 0 Å². The van der Waals surface area contributed by atoms with E-state index >= 15 is 0 Å². The Morgan fingerprint density at radius 2 is 1.04 bits per heavy atom. The van der Waals surface area contributed by atoms with Gasteiger partial charge in [-0.2, -0.15) is 0 Å². The topological polar surface area (TPSA) is 88.5 Å². The van der Waals surface area contributed by atoms with Crippen molar-refractivity contribution in [2.24, 2.45) is 0 Å². The van der Waals surface area contributed by atoms with Crippen LogP contribution in [0.1, 0.15) is 237 Å². The van der Waals surface area contributed by atoms with E-state index in [-0.39, 0.29) is 18.3 Å². The van der Waals surface area contributed by atoms with Crippen molar-refractivity contribution in [3.63, 3.8) is 0 Å². The van der Waals surface area contributed by atoms with Gasteiger partial charge in [-0.3, -0.25) is 4.79 Å². The van der Waals surface area contributed by atoms with Gasteiger partial charge in [0.15, 0.2) is 5.60 Å². The standard InChI is InChI=1S/C35H41NO5.C31H65N.CH4O/c1-3-31-25-33(20-23-36(31)21-10-11-22-36)40-27(2)35(29-12-6-4-7-13-29,30-14-8-5-9-15-30)41-34(39-26-37)24-28-16-18-32(38)19-17-28;1-4-6-8-10-12-14-16-18-20-22-24-26-28-30-32(3)31-29-27-25-23-21-19-17-15-13-11-9-7-5-2;1-2/h4-9,12-19,26,31,33-34H,2-3,10-11,20-25H2,1H3;4-31H2,1-3H3;2H,1H3/p+1. The zero-order valence-corrected chi connectivity index (χ0v) is 48.7. The third-order valence-electron chi connectivity index (χ3n) is 16.3. The highest BCUT2D eigenvalue weighted by Gasteiger charge is 2.48. The Hall–Kier alpha value is -3.69. The number of rotatable bonds is 40. The van der Waals surface area contributed by atoms with Crippen LogP contribution in [0.2, 0.25) is 0 Å². The number of aromatic hydroxyl groups is 1. The summed E-state index contributed by atoms with van der Waals surface area (Å²) < 4.78 is 20.5. The van der Waals surface area contributed by atoms with Gasteiger partial charge in [0, 0.05) is 39.2 Å². The summed E-state index contributed by atoms with van der Waals surface area (Å²) in [5.41, 5.74) is 1.31. The molecule has 8 nitrogen and oxygen atoms in total. The Balaban J connectivity index is 0.000000396. The predicted molar refractivity (Wildman–Crippen MR) is 316 cm³/mol. The number of benzene rings is 3. The quantitative estimate of drug-likeness (QED) is 0.0193. The number of phenols is 1. The average molecular weight is 1040 g/mol. The van der Waals surface area contributed by atoms with E-state index in [9.17, 15) is 9.90 Å². The van der Waals surface area contributed by atoms with Crippen LogP contribution in [0.25, 0.3) is 0 Å². The normalized spacial score (nSPS) is 16.4. The van der Waals surface area contributed by atoms with E-state index in [1.165, 1.54) is 210 Å². The lowest BCUT2D eigenvalue weighted by molar-refractivity contribution is -0.946. The minimum Gasteiger partial charge on any atom is -0.508 e. The van der Waals surface area contributed by atoms with E-state index in [1.807, 2.05) is 60.7 Å². The maximum atomic E-state index is 11.7. The Morgan fingerprint density at radius 1 is 0.627 bits per heavy atom. The van der Waals surface area contributed by atoms with Gasteiger partial charge in [-0.15, -0.1) is 0 Å². The van der Waals surface area contributed by atoms with Crippen LogP contribution in [0, 0.1) is 0 Å². The van der Waals surface area contributed by atoms with E-state index in [4.69, 9.17) is 19.3 Å². The summed E-state index contributed by atoms with van der Waals surface area (Å²) in [5.74, 6) is 0.651. The van der Waals surface area contributed by atoms with Crippen molar-refractivity contribution in [1.29, 1.82) is 0 Å². The van der Waals surface area contributed by atoms with Crippen LogP contribution in [0.15, 0.2) is 97.3 Å². The number of nitrogens with zero attached hydrogens (tertiary/aromatic N) is 2. The highest BCUT2D eigenvalue weighted by atomic mass is 16.7. The molecule has 75 heavy (non-hydrogen) atoms. The van der Waals surface area contributed by atoms with Gasteiger partial charge in [-0.1, -0.05) is 254 Å². The van der Waals surface area contributed by atoms with Gasteiger partial charge in [-0.05, 0) is 68.2 Å². The smallest absolute Gasteiger partial charge is 0.295 e. The minimum absolute atomic E-state index is 0.0229. The van der Waals surface area contributed by atoms with E-state index in [0.717, 1.165) is 49.6 Å². The molecule has 0 bridgehead atoms. The van der Waals surface area contributed by atoms with Crippen molar-refractivity contribution in [3.05, 3.63) is 114 Å². The molecule has 5 rings (SSSR count). The van der Waals surface area contributed by atoms with E-state index in [1.54, 1.807) is 24.3 Å². The van der Waals surface area contributed by atoms with Crippen molar-refractivity contribution in [2.45, 2.75) is 250 Å². The maximum absolute atomic E-state index is 11.7. The average Bonchev–Trinajstić information content (AvgIpc) is 3.92. The SMILES string of the molecule is C=C(OC1CC[N+]2(CCCC2)C(CC)C1)C(OC(Cc1ccc(O)cc1)OC=O)(c1ccccc1)c1ccccc1.CCCCCCCCCCCCCCCN(C)CCCCCCCCCCCCCCC.CO. The van der Waals surface area contributed by atoms with Crippen molar-refractivity contribution < 1.29 is 33.7 Å². The minimum atomic E-state index is -1.23. The van der Waals surface area contributed by atoms with Crippen LogP contribution in [0.4, 0.5) is 0 Å². The van der Waals surface area contributed by atoms with Crippen molar-refractivity contribution in [3.8, 4) is 5.75 Å². The third kappa shape index (κ3) is 25.6. The molecule has 2 N–H and O–H groups in total. The maximum Gasteiger partial charge on any atom is 0.295 e. The Kier molecular flexibility index (Phi) is 36.2. The molecule has 0 saturated carbocycles. The Labute approximate surface area is 460 Å². The van der Waals surface area contributed by atoms with Gasteiger partial charge in [0.2, 0.25) is 6.29 Å². The first-order valence-corrected chi connectivity index (χ1v) is 30.8. The summed E-state index contributed by atoms with van der Waals surface area (Å²) in [6.07, 6.45) is 42.9. The summed E-state index contributed by atoms with van der Waals surface area (Å²) in [6, 6.07) is 27.2. The summed E-state index contributed by atoms with van der Waals surface area (Å²) in [7, 11) is 3.33. The van der Waals surface area contributed by atoms with Gasteiger partial charge in [-0.25, -0.2) is 0 Å².